The first-order chi connectivity index (χ1) is 11.3. The Balaban J connectivity index is 1.52. The molecule has 1 aromatic heterocycles. The second kappa shape index (κ2) is 6.41. The van der Waals surface area contributed by atoms with Crippen LogP contribution in [0, 0.1) is 5.92 Å². The van der Waals surface area contributed by atoms with Crippen LogP contribution in [0.25, 0.3) is 0 Å². The molecule has 0 N–H and O–H groups in total. The molecule has 0 bridgehead atoms. The summed E-state index contributed by atoms with van der Waals surface area (Å²) in [5.74, 6) is 1.26. The van der Waals surface area contributed by atoms with E-state index >= 15 is 0 Å². The standard InChI is InChI=1S/C16H22N4O3/c21-16(12-2-6-23-10-12)20-3-1-13-14(9-20)17-11-18-15(13)19-4-7-22-8-5-19/h11-12H,1-10H2/t12-/m0/s1. The Hall–Kier alpha value is -1.73. The third kappa shape index (κ3) is 2.90. The van der Waals surface area contributed by atoms with Gasteiger partial charge in [-0.25, -0.2) is 9.97 Å². The fraction of sp³-hybridized carbons (Fsp3) is 0.688. The van der Waals surface area contributed by atoms with E-state index in [1.165, 1.54) is 5.56 Å². The highest BCUT2D eigenvalue weighted by molar-refractivity contribution is 5.79. The largest absolute Gasteiger partial charge is 0.381 e. The number of nitrogens with zero attached hydrogens (tertiary/aromatic N) is 4. The summed E-state index contributed by atoms with van der Waals surface area (Å²) in [7, 11) is 0. The lowest BCUT2D eigenvalue weighted by Crippen LogP contribution is -2.42. The fourth-order valence-electron chi connectivity index (χ4n) is 3.56. The molecule has 0 spiro atoms. The zero-order valence-corrected chi connectivity index (χ0v) is 13.2. The van der Waals surface area contributed by atoms with Gasteiger partial charge in [-0.2, -0.15) is 0 Å². The molecule has 2 fully saturated rings. The molecule has 1 amide bonds. The van der Waals surface area contributed by atoms with Gasteiger partial charge in [0.05, 0.1) is 38.0 Å². The van der Waals surface area contributed by atoms with E-state index in [-0.39, 0.29) is 11.8 Å². The fourth-order valence-corrected chi connectivity index (χ4v) is 3.56. The van der Waals surface area contributed by atoms with Crippen molar-refractivity contribution in [3.8, 4) is 0 Å². The molecule has 3 aliphatic rings. The first-order valence-corrected chi connectivity index (χ1v) is 8.35. The number of carbonyl (C=O) groups excluding carboxylic acids is 1. The molecular formula is C16H22N4O3. The van der Waals surface area contributed by atoms with Crippen LogP contribution in [-0.2, 0) is 27.2 Å². The molecule has 0 radical (unpaired) electrons. The second-order valence-electron chi connectivity index (χ2n) is 6.29. The number of anilines is 1. The number of aromatic nitrogens is 2. The van der Waals surface area contributed by atoms with Crippen molar-refractivity contribution < 1.29 is 14.3 Å². The van der Waals surface area contributed by atoms with E-state index < -0.39 is 0 Å². The Morgan fingerprint density at radius 3 is 2.78 bits per heavy atom. The molecule has 7 nitrogen and oxygen atoms in total. The van der Waals surface area contributed by atoms with Crippen molar-refractivity contribution in [1.29, 1.82) is 0 Å². The van der Waals surface area contributed by atoms with Gasteiger partial charge < -0.3 is 19.3 Å². The van der Waals surface area contributed by atoms with Crippen LogP contribution in [0.4, 0.5) is 5.82 Å². The lowest BCUT2D eigenvalue weighted by molar-refractivity contribution is -0.136. The molecule has 4 heterocycles. The minimum absolute atomic E-state index is 0.0251. The van der Waals surface area contributed by atoms with Gasteiger partial charge in [0.2, 0.25) is 5.91 Å². The molecule has 124 valence electrons. The highest BCUT2D eigenvalue weighted by Crippen LogP contribution is 2.27. The van der Waals surface area contributed by atoms with Crippen molar-refractivity contribution in [1.82, 2.24) is 14.9 Å². The van der Waals surface area contributed by atoms with Crippen LogP contribution in [0.5, 0.6) is 0 Å². The van der Waals surface area contributed by atoms with Crippen LogP contribution in [0.15, 0.2) is 6.33 Å². The van der Waals surface area contributed by atoms with E-state index in [1.54, 1.807) is 6.33 Å². The smallest absolute Gasteiger partial charge is 0.228 e. The molecule has 0 saturated carbocycles. The summed E-state index contributed by atoms with van der Waals surface area (Å²) in [6.07, 6.45) is 3.28. The highest BCUT2D eigenvalue weighted by Gasteiger charge is 2.32. The topological polar surface area (TPSA) is 67.8 Å². The van der Waals surface area contributed by atoms with E-state index in [0.717, 1.165) is 57.2 Å². The molecule has 0 aliphatic carbocycles. The van der Waals surface area contributed by atoms with Crippen molar-refractivity contribution in [2.75, 3.05) is 51.0 Å². The Morgan fingerprint density at radius 2 is 2.00 bits per heavy atom. The maximum atomic E-state index is 12.6. The van der Waals surface area contributed by atoms with E-state index in [1.807, 2.05) is 4.90 Å². The summed E-state index contributed by atoms with van der Waals surface area (Å²) >= 11 is 0. The highest BCUT2D eigenvalue weighted by atomic mass is 16.5. The zero-order valence-electron chi connectivity index (χ0n) is 13.2. The molecule has 7 heteroatoms. The summed E-state index contributed by atoms with van der Waals surface area (Å²) in [6, 6.07) is 0. The first kappa shape index (κ1) is 14.8. The molecule has 1 aromatic rings. The number of rotatable bonds is 2. The maximum absolute atomic E-state index is 12.6. The van der Waals surface area contributed by atoms with E-state index in [0.29, 0.717) is 19.8 Å². The molecule has 4 rings (SSSR count). The number of carbonyl (C=O) groups is 1. The van der Waals surface area contributed by atoms with E-state index in [2.05, 4.69) is 14.9 Å². The normalized spacial score (nSPS) is 24.6. The van der Waals surface area contributed by atoms with Crippen LogP contribution >= 0.6 is 0 Å². The lowest BCUT2D eigenvalue weighted by atomic mass is 10.0. The number of fused-ring (bicyclic) bond motifs is 1. The molecular weight excluding hydrogens is 296 g/mol. The molecule has 0 aromatic carbocycles. The summed E-state index contributed by atoms with van der Waals surface area (Å²) in [6.45, 7) is 5.81. The minimum atomic E-state index is 0.0251. The predicted molar refractivity (Wildman–Crippen MR) is 83.1 cm³/mol. The summed E-state index contributed by atoms with van der Waals surface area (Å²) in [5.41, 5.74) is 2.18. The summed E-state index contributed by atoms with van der Waals surface area (Å²) < 4.78 is 10.8. The number of amides is 1. The van der Waals surface area contributed by atoms with Gasteiger partial charge in [-0.1, -0.05) is 0 Å². The second-order valence-corrected chi connectivity index (χ2v) is 6.29. The van der Waals surface area contributed by atoms with Crippen LogP contribution in [0.2, 0.25) is 0 Å². The first-order valence-electron chi connectivity index (χ1n) is 8.35. The summed E-state index contributed by atoms with van der Waals surface area (Å²) in [4.78, 5) is 25.7. The molecule has 23 heavy (non-hydrogen) atoms. The van der Waals surface area contributed by atoms with Crippen molar-refractivity contribution in [3.05, 3.63) is 17.6 Å². The van der Waals surface area contributed by atoms with Crippen molar-refractivity contribution >= 4 is 11.7 Å². The van der Waals surface area contributed by atoms with Gasteiger partial charge in [-0.05, 0) is 12.8 Å². The molecule has 2 saturated heterocycles. The zero-order chi connectivity index (χ0) is 15.6. The third-order valence-electron chi connectivity index (χ3n) is 4.89. The Morgan fingerprint density at radius 1 is 1.13 bits per heavy atom. The van der Waals surface area contributed by atoms with Crippen LogP contribution < -0.4 is 4.90 Å². The van der Waals surface area contributed by atoms with Gasteiger partial charge in [0.1, 0.15) is 12.1 Å². The number of ether oxygens (including phenoxy) is 2. The Bertz CT molecular complexity index is 583. The minimum Gasteiger partial charge on any atom is -0.381 e. The number of hydrogen-bond acceptors (Lipinski definition) is 6. The van der Waals surface area contributed by atoms with Gasteiger partial charge >= 0.3 is 0 Å². The Labute approximate surface area is 135 Å². The number of hydrogen-bond donors (Lipinski definition) is 0. The van der Waals surface area contributed by atoms with Crippen LogP contribution in [0.3, 0.4) is 0 Å². The van der Waals surface area contributed by atoms with Crippen LogP contribution in [0.1, 0.15) is 17.7 Å². The average Bonchev–Trinajstić information content (AvgIpc) is 3.15. The third-order valence-corrected chi connectivity index (χ3v) is 4.89. The van der Waals surface area contributed by atoms with Gasteiger partial charge in [-0.15, -0.1) is 0 Å². The van der Waals surface area contributed by atoms with E-state index in [9.17, 15) is 4.79 Å². The van der Waals surface area contributed by atoms with Crippen molar-refractivity contribution in [3.63, 3.8) is 0 Å². The predicted octanol–water partition coefficient (Wildman–Crippen LogP) is 0.234. The van der Waals surface area contributed by atoms with Crippen molar-refractivity contribution in [2.24, 2.45) is 5.92 Å². The van der Waals surface area contributed by atoms with Gasteiger partial charge in [0.15, 0.2) is 0 Å². The Kier molecular flexibility index (Phi) is 4.13. The van der Waals surface area contributed by atoms with E-state index in [4.69, 9.17) is 9.47 Å². The summed E-state index contributed by atoms with van der Waals surface area (Å²) in [5, 5.41) is 0. The molecule has 3 aliphatic heterocycles. The van der Waals surface area contributed by atoms with Gasteiger partial charge in [0.25, 0.3) is 0 Å². The number of morpholine rings is 1. The maximum Gasteiger partial charge on any atom is 0.228 e. The average molecular weight is 318 g/mol. The van der Waals surface area contributed by atoms with Crippen LogP contribution in [-0.4, -0.2) is 66.8 Å². The monoisotopic (exact) mass is 318 g/mol. The van der Waals surface area contributed by atoms with Gasteiger partial charge in [-0.3, -0.25) is 4.79 Å². The van der Waals surface area contributed by atoms with Crippen molar-refractivity contribution in [2.45, 2.75) is 19.4 Å². The SMILES string of the molecule is O=C([C@H]1CCOC1)N1CCc2c(ncnc2N2CCOCC2)C1. The lowest BCUT2D eigenvalue weighted by Gasteiger charge is -2.34. The molecule has 0 unspecified atom stereocenters. The molecule has 1 atom stereocenters. The quantitative estimate of drug-likeness (QED) is 0.778. The van der Waals surface area contributed by atoms with Gasteiger partial charge in [0, 0.05) is 31.8 Å².